The summed E-state index contributed by atoms with van der Waals surface area (Å²) in [5.41, 5.74) is 1.54. The van der Waals surface area contributed by atoms with Gasteiger partial charge >= 0.3 is 0 Å². The number of aromatic nitrogens is 1. The van der Waals surface area contributed by atoms with E-state index in [1.807, 2.05) is 42.5 Å². The van der Waals surface area contributed by atoms with Gasteiger partial charge in [0.25, 0.3) is 5.91 Å². The molecular formula is C16H13BrN2OS2. The molecule has 3 nitrogen and oxygen atoms in total. The van der Waals surface area contributed by atoms with E-state index in [2.05, 4.69) is 33.2 Å². The summed E-state index contributed by atoms with van der Waals surface area (Å²) in [6.07, 6.45) is 0. The number of nitrogens with one attached hydrogen (secondary N) is 1. The lowest BCUT2D eigenvalue weighted by atomic mass is 10.2. The minimum absolute atomic E-state index is 0.128. The number of anilines is 1. The van der Waals surface area contributed by atoms with Gasteiger partial charge in [0.1, 0.15) is 0 Å². The first-order valence-corrected chi connectivity index (χ1v) is 9.35. The van der Waals surface area contributed by atoms with E-state index in [1.165, 1.54) is 11.3 Å². The third-order valence-electron chi connectivity index (χ3n) is 2.98. The zero-order chi connectivity index (χ0) is 15.5. The van der Waals surface area contributed by atoms with Gasteiger partial charge in [0.05, 0.1) is 10.2 Å². The monoisotopic (exact) mass is 392 g/mol. The van der Waals surface area contributed by atoms with Crippen LogP contribution in [0.15, 0.2) is 51.8 Å². The van der Waals surface area contributed by atoms with Gasteiger partial charge in [-0.1, -0.05) is 40.3 Å². The maximum atomic E-state index is 12.4. The van der Waals surface area contributed by atoms with Crippen LogP contribution in [-0.4, -0.2) is 16.6 Å². The van der Waals surface area contributed by atoms with Crippen LogP contribution < -0.4 is 5.32 Å². The molecule has 2 aromatic carbocycles. The molecule has 0 atom stereocenters. The fourth-order valence-corrected chi connectivity index (χ4v) is 4.15. The van der Waals surface area contributed by atoms with E-state index in [0.717, 1.165) is 25.3 Å². The average molecular weight is 393 g/mol. The number of fused-ring (bicyclic) bond motifs is 1. The van der Waals surface area contributed by atoms with E-state index in [4.69, 9.17) is 0 Å². The second-order valence-corrected chi connectivity index (χ2v) is 7.83. The lowest BCUT2D eigenvalue weighted by molar-refractivity contribution is 0.102. The van der Waals surface area contributed by atoms with Gasteiger partial charge in [-0.2, -0.15) is 0 Å². The third kappa shape index (κ3) is 3.51. The molecule has 1 amide bonds. The minimum atomic E-state index is -0.128. The van der Waals surface area contributed by atoms with E-state index in [-0.39, 0.29) is 5.91 Å². The molecule has 3 rings (SSSR count). The van der Waals surface area contributed by atoms with Gasteiger partial charge in [-0.05, 0) is 42.2 Å². The largest absolute Gasteiger partial charge is 0.298 e. The summed E-state index contributed by atoms with van der Waals surface area (Å²) >= 11 is 6.63. The average Bonchev–Trinajstić information content (AvgIpc) is 2.89. The summed E-state index contributed by atoms with van der Waals surface area (Å²) in [5, 5.41) is 3.50. The van der Waals surface area contributed by atoms with E-state index < -0.39 is 0 Å². The van der Waals surface area contributed by atoms with Crippen LogP contribution in [0.2, 0.25) is 0 Å². The van der Waals surface area contributed by atoms with Crippen molar-refractivity contribution in [2.45, 2.75) is 11.8 Å². The van der Waals surface area contributed by atoms with Gasteiger partial charge in [0.15, 0.2) is 5.13 Å². The Labute approximate surface area is 145 Å². The van der Waals surface area contributed by atoms with Crippen molar-refractivity contribution >= 4 is 60.3 Å². The number of benzene rings is 2. The molecule has 0 fully saturated rings. The quantitative estimate of drug-likeness (QED) is 0.602. The molecule has 3 aromatic rings. The Kier molecular flexibility index (Phi) is 4.81. The second kappa shape index (κ2) is 6.81. The Hall–Kier alpha value is -1.37. The smallest absolute Gasteiger partial charge is 0.257 e. The highest BCUT2D eigenvalue weighted by molar-refractivity contribution is 9.10. The number of rotatable bonds is 4. The van der Waals surface area contributed by atoms with Gasteiger partial charge in [0, 0.05) is 14.9 Å². The highest BCUT2D eigenvalue weighted by Crippen LogP contribution is 2.29. The molecule has 22 heavy (non-hydrogen) atoms. The molecule has 6 heteroatoms. The highest BCUT2D eigenvalue weighted by Gasteiger charge is 2.10. The Balaban J connectivity index is 1.81. The Morgan fingerprint density at radius 2 is 2.18 bits per heavy atom. The highest BCUT2D eigenvalue weighted by atomic mass is 79.9. The number of hydrogen-bond donors (Lipinski definition) is 1. The molecule has 0 bridgehead atoms. The van der Waals surface area contributed by atoms with Gasteiger partial charge in [-0.15, -0.1) is 11.8 Å². The Bertz CT molecular complexity index is 832. The van der Waals surface area contributed by atoms with Crippen LogP contribution in [0, 0.1) is 0 Å². The van der Waals surface area contributed by atoms with Crippen molar-refractivity contribution in [3.63, 3.8) is 0 Å². The number of thiazole rings is 1. The number of nitrogens with zero attached hydrogens (tertiary/aromatic N) is 1. The van der Waals surface area contributed by atoms with E-state index in [0.29, 0.717) is 10.7 Å². The third-order valence-corrected chi connectivity index (χ3v) is 5.28. The zero-order valence-corrected chi connectivity index (χ0v) is 15.0. The number of amides is 1. The number of halogens is 1. The van der Waals surface area contributed by atoms with Gasteiger partial charge in [-0.3, -0.25) is 10.1 Å². The van der Waals surface area contributed by atoms with Crippen LogP contribution in [0.3, 0.4) is 0 Å². The van der Waals surface area contributed by atoms with Crippen LogP contribution in [0.5, 0.6) is 0 Å². The molecule has 112 valence electrons. The first kappa shape index (κ1) is 15.5. The number of thioether (sulfide) groups is 1. The van der Waals surface area contributed by atoms with Crippen LogP contribution >= 0.6 is 39.0 Å². The molecule has 0 saturated heterocycles. The van der Waals surface area contributed by atoms with Crippen LogP contribution in [0.4, 0.5) is 5.13 Å². The van der Waals surface area contributed by atoms with Crippen molar-refractivity contribution in [2.75, 3.05) is 11.1 Å². The predicted molar refractivity (Wildman–Crippen MR) is 98.1 cm³/mol. The summed E-state index contributed by atoms with van der Waals surface area (Å²) < 4.78 is 2.05. The predicted octanol–water partition coefficient (Wildman–Crippen LogP) is 5.42. The first-order chi connectivity index (χ1) is 10.7. The molecule has 0 unspecified atom stereocenters. The fourth-order valence-electron chi connectivity index (χ4n) is 2.01. The van der Waals surface area contributed by atoms with Gasteiger partial charge < -0.3 is 0 Å². The Morgan fingerprint density at radius 1 is 1.32 bits per heavy atom. The van der Waals surface area contributed by atoms with Crippen molar-refractivity contribution < 1.29 is 4.79 Å². The van der Waals surface area contributed by atoms with E-state index in [1.54, 1.807) is 11.8 Å². The lowest BCUT2D eigenvalue weighted by Crippen LogP contribution is -2.11. The summed E-state index contributed by atoms with van der Waals surface area (Å²) in [5.74, 6) is 0.856. The molecule has 0 aliphatic carbocycles. The maximum absolute atomic E-state index is 12.4. The van der Waals surface area contributed by atoms with Gasteiger partial charge in [0.2, 0.25) is 0 Å². The minimum Gasteiger partial charge on any atom is -0.298 e. The fraction of sp³-hybridized carbons (Fsp3) is 0.125. The standard InChI is InChI=1S/C16H13BrN2OS2/c1-2-21-12-5-3-4-10(8-12)15(20)19-16-18-13-7-6-11(17)9-14(13)22-16/h3-9H,2H2,1H3,(H,18,19,20). The van der Waals surface area contributed by atoms with Crippen molar-refractivity contribution in [1.82, 2.24) is 4.98 Å². The first-order valence-electron chi connectivity index (χ1n) is 6.76. The number of carbonyl (C=O) groups excluding carboxylic acids is 1. The molecule has 0 aliphatic rings. The SMILES string of the molecule is CCSc1cccc(C(=O)Nc2nc3ccc(Br)cc3s2)c1. The normalized spacial score (nSPS) is 10.8. The summed E-state index contributed by atoms with van der Waals surface area (Å²) in [6.45, 7) is 2.09. The van der Waals surface area contributed by atoms with Crippen LogP contribution in [-0.2, 0) is 0 Å². The van der Waals surface area contributed by atoms with Crippen LogP contribution in [0.25, 0.3) is 10.2 Å². The van der Waals surface area contributed by atoms with Crippen molar-refractivity contribution in [3.8, 4) is 0 Å². The molecule has 0 aliphatic heterocycles. The summed E-state index contributed by atoms with van der Waals surface area (Å²) in [6, 6.07) is 13.5. The van der Waals surface area contributed by atoms with Crippen molar-refractivity contribution in [1.29, 1.82) is 0 Å². The molecule has 1 heterocycles. The van der Waals surface area contributed by atoms with Crippen molar-refractivity contribution in [2.24, 2.45) is 0 Å². The maximum Gasteiger partial charge on any atom is 0.257 e. The Morgan fingerprint density at radius 3 is 3.00 bits per heavy atom. The number of carbonyl (C=O) groups is 1. The molecular weight excluding hydrogens is 380 g/mol. The van der Waals surface area contributed by atoms with Gasteiger partial charge in [-0.25, -0.2) is 4.98 Å². The molecule has 0 saturated carbocycles. The van der Waals surface area contributed by atoms with E-state index in [9.17, 15) is 4.79 Å². The van der Waals surface area contributed by atoms with Crippen LogP contribution in [0.1, 0.15) is 17.3 Å². The molecule has 1 N–H and O–H groups in total. The summed E-state index contributed by atoms with van der Waals surface area (Å²) in [7, 11) is 0. The zero-order valence-electron chi connectivity index (χ0n) is 11.8. The lowest BCUT2D eigenvalue weighted by Gasteiger charge is -2.04. The van der Waals surface area contributed by atoms with Crippen molar-refractivity contribution in [3.05, 3.63) is 52.5 Å². The molecule has 0 radical (unpaired) electrons. The van der Waals surface area contributed by atoms with E-state index >= 15 is 0 Å². The molecule has 1 aromatic heterocycles. The topological polar surface area (TPSA) is 42.0 Å². The second-order valence-electron chi connectivity index (χ2n) is 4.55. The number of hydrogen-bond acceptors (Lipinski definition) is 4. The molecule has 0 spiro atoms. The summed E-state index contributed by atoms with van der Waals surface area (Å²) in [4.78, 5) is 17.9.